The molecule has 0 amide bonds. The summed E-state index contributed by atoms with van der Waals surface area (Å²) in [4.78, 5) is 13.4. The molecule has 0 saturated heterocycles. The maximum atomic E-state index is 4.69. The summed E-state index contributed by atoms with van der Waals surface area (Å²) in [5, 5.41) is 2.15. The smallest absolute Gasteiger partial charge is 0.160 e. The number of fused-ring (bicyclic) bond motifs is 1. The Morgan fingerprint density at radius 3 is 2.67 bits per heavy atom. The summed E-state index contributed by atoms with van der Waals surface area (Å²) in [5.41, 5.74) is 4.46. The van der Waals surface area contributed by atoms with Crippen LogP contribution in [0.2, 0.25) is 0 Å². The monoisotopic (exact) mass is 255 g/mol. The van der Waals surface area contributed by atoms with Gasteiger partial charge in [0.25, 0.3) is 0 Å². The van der Waals surface area contributed by atoms with Crippen molar-refractivity contribution in [3.63, 3.8) is 0 Å². The first kappa shape index (κ1) is 11.3. The third-order valence-corrected chi connectivity index (χ3v) is 4.07. The van der Waals surface area contributed by atoms with Crippen molar-refractivity contribution in [2.45, 2.75) is 20.3 Å². The lowest BCUT2D eigenvalue weighted by atomic mass is 10.2. The van der Waals surface area contributed by atoms with Gasteiger partial charge in [-0.05, 0) is 36.4 Å². The Balaban J connectivity index is 2.28. The molecular formula is C14H13N3S. The zero-order valence-electron chi connectivity index (χ0n) is 10.3. The van der Waals surface area contributed by atoms with Gasteiger partial charge in [0, 0.05) is 18.0 Å². The van der Waals surface area contributed by atoms with E-state index in [9.17, 15) is 0 Å². The number of aryl methyl sites for hydroxylation is 2. The highest BCUT2D eigenvalue weighted by Gasteiger charge is 2.11. The summed E-state index contributed by atoms with van der Waals surface area (Å²) in [6.45, 7) is 4.23. The number of aromatic nitrogens is 3. The van der Waals surface area contributed by atoms with E-state index in [1.807, 2.05) is 12.1 Å². The van der Waals surface area contributed by atoms with Gasteiger partial charge >= 0.3 is 0 Å². The lowest BCUT2D eigenvalue weighted by molar-refractivity contribution is 1.04. The van der Waals surface area contributed by atoms with Gasteiger partial charge in [-0.1, -0.05) is 6.92 Å². The minimum atomic E-state index is 0.795. The predicted octanol–water partition coefficient (Wildman–Crippen LogP) is 3.62. The molecule has 3 rings (SSSR count). The van der Waals surface area contributed by atoms with Crippen LogP contribution in [0.3, 0.4) is 0 Å². The highest BCUT2D eigenvalue weighted by Crippen LogP contribution is 2.28. The Kier molecular flexibility index (Phi) is 2.80. The second kappa shape index (κ2) is 4.46. The summed E-state index contributed by atoms with van der Waals surface area (Å²) < 4.78 is 1.22. The molecule has 0 saturated carbocycles. The molecule has 0 atom stereocenters. The first-order valence-corrected chi connectivity index (χ1v) is 6.82. The van der Waals surface area contributed by atoms with Crippen molar-refractivity contribution in [3.8, 4) is 11.4 Å². The SMILES string of the molecule is CCc1nc(-c2ccncc2)nc2c(C)csc12. The Labute approximate surface area is 110 Å². The fraction of sp³-hybridized carbons (Fsp3) is 0.214. The van der Waals surface area contributed by atoms with Gasteiger partial charge < -0.3 is 0 Å². The van der Waals surface area contributed by atoms with E-state index in [1.165, 1.54) is 10.3 Å². The van der Waals surface area contributed by atoms with E-state index in [2.05, 4.69) is 34.2 Å². The molecule has 0 radical (unpaired) electrons. The quantitative estimate of drug-likeness (QED) is 0.702. The highest BCUT2D eigenvalue weighted by molar-refractivity contribution is 7.17. The maximum Gasteiger partial charge on any atom is 0.160 e. The molecular weight excluding hydrogens is 242 g/mol. The zero-order chi connectivity index (χ0) is 12.5. The van der Waals surface area contributed by atoms with E-state index >= 15 is 0 Å². The number of nitrogens with zero attached hydrogens (tertiary/aromatic N) is 3. The van der Waals surface area contributed by atoms with Gasteiger partial charge in [-0.25, -0.2) is 9.97 Å². The molecule has 0 aliphatic carbocycles. The van der Waals surface area contributed by atoms with E-state index < -0.39 is 0 Å². The van der Waals surface area contributed by atoms with Crippen LogP contribution < -0.4 is 0 Å². The molecule has 3 heterocycles. The van der Waals surface area contributed by atoms with Crippen LogP contribution in [0.5, 0.6) is 0 Å². The molecule has 90 valence electrons. The standard InChI is InChI=1S/C14H13N3S/c1-3-11-13-12(9(2)8-18-13)17-14(16-11)10-4-6-15-7-5-10/h4-8H,3H2,1-2H3. The van der Waals surface area contributed by atoms with E-state index in [-0.39, 0.29) is 0 Å². The van der Waals surface area contributed by atoms with E-state index in [0.29, 0.717) is 0 Å². The Morgan fingerprint density at radius 2 is 1.94 bits per heavy atom. The molecule has 0 bridgehead atoms. The number of pyridine rings is 1. The van der Waals surface area contributed by atoms with Gasteiger partial charge in [0.15, 0.2) is 5.82 Å². The Bertz CT molecular complexity index is 689. The molecule has 3 aromatic rings. The van der Waals surface area contributed by atoms with Gasteiger partial charge in [-0.2, -0.15) is 0 Å². The minimum absolute atomic E-state index is 0.795. The topological polar surface area (TPSA) is 38.7 Å². The lowest BCUT2D eigenvalue weighted by Gasteiger charge is -2.04. The number of hydrogen-bond donors (Lipinski definition) is 0. The third-order valence-electron chi connectivity index (χ3n) is 2.94. The largest absolute Gasteiger partial charge is 0.265 e. The van der Waals surface area contributed by atoms with Crippen LogP contribution in [-0.4, -0.2) is 15.0 Å². The van der Waals surface area contributed by atoms with Crippen molar-refractivity contribution < 1.29 is 0 Å². The minimum Gasteiger partial charge on any atom is -0.265 e. The summed E-state index contributed by atoms with van der Waals surface area (Å²) in [6, 6.07) is 3.89. The van der Waals surface area contributed by atoms with Gasteiger partial charge in [-0.3, -0.25) is 4.98 Å². The van der Waals surface area contributed by atoms with Crippen molar-refractivity contribution in [2.24, 2.45) is 0 Å². The zero-order valence-corrected chi connectivity index (χ0v) is 11.2. The molecule has 0 aromatic carbocycles. The lowest BCUT2D eigenvalue weighted by Crippen LogP contribution is -1.95. The summed E-state index contributed by atoms with van der Waals surface area (Å²) in [6.07, 6.45) is 4.47. The fourth-order valence-electron chi connectivity index (χ4n) is 1.96. The Hall–Kier alpha value is -1.81. The van der Waals surface area contributed by atoms with Crippen LogP contribution in [0.15, 0.2) is 29.9 Å². The van der Waals surface area contributed by atoms with Crippen molar-refractivity contribution in [2.75, 3.05) is 0 Å². The third kappa shape index (κ3) is 1.78. The molecule has 3 nitrogen and oxygen atoms in total. The van der Waals surface area contributed by atoms with Gasteiger partial charge in [0.05, 0.1) is 15.9 Å². The Morgan fingerprint density at radius 1 is 1.17 bits per heavy atom. The van der Waals surface area contributed by atoms with E-state index in [4.69, 9.17) is 0 Å². The number of hydrogen-bond acceptors (Lipinski definition) is 4. The first-order valence-electron chi connectivity index (χ1n) is 5.94. The molecule has 4 heteroatoms. The molecule has 18 heavy (non-hydrogen) atoms. The van der Waals surface area contributed by atoms with Crippen molar-refractivity contribution >= 4 is 21.6 Å². The van der Waals surface area contributed by atoms with Crippen LogP contribution in [0.4, 0.5) is 0 Å². The van der Waals surface area contributed by atoms with Crippen molar-refractivity contribution in [3.05, 3.63) is 41.2 Å². The molecule has 0 fully saturated rings. The van der Waals surface area contributed by atoms with Crippen LogP contribution in [0.1, 0.15) is 18.2 Å². The molecule has 0 unspecified atom stereocenters. The van der Waals surface area contributed by atoms with Crippen molar-refractivity contribution in [1.29, 1.82) is 0 Å². The summed E-state index contributed by atoms with van der Waals surface area (Å²) >= 11 is 1.73. The second-order valence-electron chi connectivity index (χ2n) is 4.18. The van der Waals surface area contributed by atoms with E-state index in [0.717, 1.165) is 29.0 Å². The van der Waals surface area contributed by atoms with Crippen LogP contribution in [-0.2, 0) is 6.42 Å². The highest BCUT2D eigenvalue weighted by atomic mass is 32.1. The fourth-order valence-corrected chi connectivity index (χ4v) is 3.01. The first-order chi connectivity index (χ1) is 8.79. The average Bonchev–Trinajstić information content (AvgIpc) is 2.81. The number of thiophene rings is 1. The van der Waals surface area contributed by atoms with Crippen LogP contribution >= 0.6 is 11.3 Å². The predicted molar refractivity (Wildman–Crippen MR) is 74.8 cm³/mol. The second-order valence-corrected chi connectivity index (χ2v) is 5.06. The molecule has 0 aliphatic heterocycles. The summed E-state index contributed by atoms with van der Waals surface area (Å²) in [7, 11) is 0. The van der Waals surface area contributed by atoms with Gasteiger partial charge in [0.1, 0.15) is 0 Å². The van der Waals surface area contributed by atoms with Gasteiger partial charge in [-0.15, -0.1) is 11.3 Å². The van der Waals surface area contributed by atoms with Crippen LogP contribution in [0.25, 0.3) is 21.6 Å². The van der Waals surface area contributed by atoms with Gasteiger partial charge in [0.2, 0.25) is 0 Å². The molecule has 3 aromatic heterocycles. The molecule has 0 N–H and O–H groups in total. The number of rotatable bonds is 2. The normalized spacial score (nSPS) is 11.0. The van der Waals surface area contributed by atoms with Crippen LogP contribution in [0, 0.1) is 6.92 Å². The maximum absolute atomic E-state index is 4.69. The van der Waals surface area contributed by atoms with E-state index in [1.54, 1.807) is 23.7 Å². The average molecular weight is 255 g/mol. The summed E-state index contributed by atoms with van der Waals surface area (Å²) in [5.74, 6) is 0.795. The molecule has 0 spiro atoms. The van der Waals surface area contributed by atoms with Crippen molar-refractivity contribution in [1.82, 2.24) is 15.0 Å². The molecule has 0 aliphatic rings.